The number of aromatic nitrogens is 5. The molecule has 0 amide bonds. The first kappa shape index (κ1) is 26.6. The molecule has 13 nitrogen and oxygen atoms in total. The van der Waals surface area contributed by atoms with Gasteiger partial charge in [0, 0.05) is 24.8 Å². The van der Waals surface area contributed by atoms with Crippen LogP contribution in [-0.2, 0) is 19.5 Å². The Morgan fingerprint density at radius 2 is 1.03 bits per heavy atom. The molecule has 0 aliphatic heterocycles. The van der Waals surface area contributed by atoms with Gasteiger partial charge in [-0.1, -0.05) is 30.3 Å². The number of nitrogens with zero attached hydrogens (tertiary/aromatic N) is 7. The first-order valence-corrected chi connectivity index (χ1v) is 8.60. The third-order valence-electron chi connectivity index (χ3n) is 3.58. The SMILES string of the molecule is O=[N+]([O-])[O-].O=[N+]([O-])[O-].[Zn+2].c1ccc(-c2cc(-c3cnccn3)nc(-c3cnccn3)c2)cc1. The quantitative estimate of drug-likeness (QED) is 0.227. The maximum Gasteiger partial charge on any atom is 2.00 e. The number of hydrogen-bond acceptors (Lipinski definition) is 11. The largest absolute Gasteiger partial charge is 2.00 e. The maximum atomic E-state index is 8.25. The van der Waals surface area contributed by atoms with Crippen molar-refractivity contribution in [3.8, 4) is 33.9 Å². The van der Waals surface area contributed by atoms with Crippen molar-refractivity contribution in [2.24, 2.45) is 0 Å². The van der Waals surface area contributed by atoms with E-state index in [4.69, 9.17) is 35.6 Å². The van der Waals surface area contributed by atoms with E-state index in [1.807, 2.05) is 30.3 Å². The molecular formula is C19H13N7O6Zn. The zero-order valence-electron chi connectivity index (χ0n) is 16.8. The van der Waals surface area contributed by atoms with Gasteiger partial charge in [-0.05, 0) is 23.3 Å². The van der Waals surface area contributed by atoms with E-state index < -0.39 is 10.2 Å². The predicted molar refractivity (Wildman–Crippen MR) is 112 cm³/mol. The second-order valence-electron chi connectivity index (χ2n) is 5.62. The van der Waals surface area contributed by atoms with Crippen molar-refractivity contribution >= 4 is 0 Å². The fourth-order valence-electron chi connectivity index (χ4n) is 2.45. The minimum absolute atomic E-state index is 0. The monoisotopic (exact) mass is 499 g/mol. The summed E-state index contributed by atoms with van der Waals surface area (Å²) in [6.45, 7) is 0. The Hall–Kier alpha value is -4.45. The molecule has 0 saturated carbocycles. The fraction of sp³-hybridized carbons (Fsp3) is 0. The van der Waals surface area contributed by atoms with Crippen LogP contribution in [0, 0.1) is 30.6 Å². The molecule has 162 valence electrons. The molecule has 4 rings (SSSR count). The smallest absolute Gasteiger partial charge is 0.356 e. The summed E-state index contributed by atoms with van der Waals surface area (Å²) < 4.78 is 0. The second kappa shape index (κ2) is 13.8. The molecule has 0 radical (unpaired) electrons. The van der Waals surface area contributed by atoms with E-state index in [1.165, 1.54) is 0 Å². The van der Waals surface area contributed by atoms with Crippen LogP contribution < -0.4 is 0 Å². The Labute approximate surface area is 198 Å². The zero-order valence-corrected chi connectivity index (χ0v) is 19.8. The Morgan fingerprint density at radius 1 is 0.606 bits per heavy atom. The van der Waals surface area contributed by atoms with Gasteiger partial charge in [0.05, 0.1) is 34.0 Å². The number of rotatable bonds is 3. The van der Waals surface area contributed by atoms with E-state index in [2.05, 4.69) is 32.1 Å². The molecule has 1 aromatic carbocycles. The van der Waals surface area contributed by atoms with Gasteiger partial charge in [0.2, 0.25) is 0 Å². The summed E-state index contributed by atoms with van der Waals surface area (Å²) in [5, 5.41) is 29.5. The average Bonchev–Trinajstić information content (AvgIpc) is 2.80. The molecule has 0 aliphatic carbocycles. The summed E-state index contributed by atoms with van der Waals surface area (Å²) in [5.41, 5.74) is 5.11. The predicted octanol–water partition coefficient (Wildman–Crippen LogP) is 3.18. The number of hydrogen-bond donors (Lipinski definition) is 0. The van der Waals surface area contributed by atoms with Gasteiger partial charge in [-0.2, -0.15) is 0 Å². The van der Waals surface area contributed by atoms with Gasteiger partial charge in [-0.25, -0.2) is 4.98 Å². The number of benzene rings is 1. The van der Waals surface area contributed by atoms with E-state index in [0.29, 0.717) is 0 Å². The van der Waals surface area contributed by atoms with Gasteiger partial charge in [-0.15, -0.1) is 0 Å². The van der Waals surface area contributed by atoms with Crippen molar-refractivity contribution in [3.63, 3.8) is 0 Å². The molecule has 0 spiro atoms. The molecule has 0 aliphatic rings. The van der Waals surface area contributed by atoms with Gasteiger partial charge in [-0.3, -0.25) is 19.9 Å². The molecule has 14 heteroatoms. The van der Waals surface area contributed by atoms with Crippen LogP contribution in [0.25, 0.3) is 33.9 Å². The topological polar surface area (TPSA) is 197 Å². The van der Waals surface area contributed by atoms with E-state index in [9.17, 15) is 0 Å². The van der Waals surface area contributed by atoms with Gasteiger partial charge in [0.15, 0.2) is 0 Å². The van der Waals surface area contributed by atoms with Crippen LogP contribution in [0.3, 0.4) is 0 Å². The molecule has 0 saturated heterocycles. The molecule has 33 heavy (non-hydrogen) atoms. The second-order valence-corrected chi connectivity index (χ2v) is 5.62. The number of pyridine rings is 1. The molecular weight excluding hydrogens is 488 g/mol. The van der Waals surface area contributed by atoms with Crippen LogP contribution in [0.1, 0.15) is 0 Å². The third-order valence-corrected chi connectivity index (χ3v) is 3.58. The minimum Gasteiger partial charge on any atom is -0.356 e. The Morgan fingerprint density at radius 3 is 1.39 bits per heavy atom. The molecule has 0 bridgehead atoms. The Balaban J connectivity index is 0.000000529. The summed E-state index contributed by atoms with van der Waals surface area (Å²) in [6, 6.07) is 14.2. The summed E-state index contributed by atoms with van der Waals surface area (Å²) in [6.07, 6.45) is 10.0. The minimum atomic E-state index is -1.75. The standard InChI is InChI=1S/C19H13N5.2NO3.Zn/c1-2-4-14(5-3-1)15-10-16(18-12-20-6-8-22-18)24-17(11-15)19-13-21-7-9-23-19;2*2-1(3)4;/h1-13H;;;/q;2*-1;+2. The van der Waals surface area contributed by atoms with Gasteiger partial charge in [0.25, 0.3) is 0 Å². The van der Waals surface area contributed by atoms with Crippen LogP contribution in [0.4, 0.5) is 0 Å². The van der Waals surface area contributed by atoms with Crippen molar-refractivity contribution in [2.75, 3.05) is 0 Å². The molecule has 3 aromatic heterocycles. The van der Waals surface area contributed by atoms with Crippen LogP contribution in [0.15, 0.2) is 79.6 Å². The first-order chi connectivity index (χ1) is 15.4. The van der Waals surface area contributed by atoms with Crippen molar-refractivity contribution < 1.29 is 29.7 Å². The molecule has 4 aromatic rings. The summed E-state index contributed by atoms with van der Waals surface area (Å²) in [7, 11) is 0. The average molecular weight is 501 g/mol. The van der Waals surface area contributed by atoms with Gasteiger partial charge < -0.3 is 30.6 Å². The van der Waals surface area contributed by atoms with E-state index >= 15 is 0 Å². The van der Waals surface area contributed by atoms with Crippen LogP contribution in [0.2, 0.25) is 0 Å². The summed E-state index contributed by atoms with van der Waals surface area (Å²) in [5.74, 6) is 0. The van der Waals surface area contributed by atoms with Crippen molar-refractivity contribution in [2.45, 2.75) is 0 Å². The van der Waals surface area contributed by atoms with Crippen LogP contribution in [0.5, 0.6) is 0 Å². The van der Waals surface area contributed by atoms with Gasteiger partial charge >= 0.3 is 19.5 Å². The van der Waals surface area contributed by atoms with Crippen molar-refractivity contribution in [1.82, 2.24) is 24.9 Å². The molecule has 3 heterocycles. The molecule has 0 unspecified atom stereocenters. The van der Waals surface area contributed by atoms with Gasteiger partial charge in [0.1, 0.15) is 11.4 Å². The van der Waals surface area contributed by atoms with E-state index in [1.54, 1.807) is 37.2 Å². The summed E-state index contributed by atoms with van der Waals surface area (Å²) >= 11 is 0. The van der Waals surface area contributed by atoms with Crippen molar-refractivity contribution in [1.29, 1.82) is 0 Å². The van der Waals surface area contributed by atoms with Crippen LogP contribution in [-0.4, -0.2) is 35.1 Å². The third kappa shape index (κ3) is 9.48. The Kier molecular flexibility index (Phi) is 11.1. The van der Waals surface area contributed by atoms with E-state index in [-0.39, 0.29) is 19.5 Å². The summed E-state index contributed by atoms with van der Waals surface area (Å²) in [4.78, 5) is 38.2. The maximum absolute atomic E-state index is 8.25. The molecule has 0 fully saturated rings. The normalized spacial score (nSPS) is 9.09. The zero-order chi connectivity index (χ0) is 23.3. The first-order valence-electron chi connectivity index (χ1n) is 8.60. The van der Waals surface area contributed by atoms with Crippen molar-refractivity contribution in [3.05, 3.63) is 110 Å². The van der Waals surface area contributed by atoms with E-state index in [0.717, 1.165) is 33.9 Å². The molecule has 0 N–H and O–H groups in total. The van der Waals surface area contributed by atoms with Crippen LogP contribution >= 0.6 is 0 Å². The Bertz CT molecular complexity index is 996. The molecule has 0 atom stereocenters. The fourth-order valence-corrected chi connectivity index (χ4v) is 2.45.